The van der Waals surface area contributed by atoms with Crippen LogP contribution in [-0.4, -0.2) is 9.11 Å². The molecule has 2 N–H and O–H groups in total. The Labute approximate surface area is 132 Å². The summed E-state index contributed by atoms with van der Waals surface area (Å²) < 4.78 is 70.9. The zero-order chi connectivity index (χ0) is 16.5. The van der Waals surface area contributed by atoms with Crippen LogP contribution >= 0.6 is 24.6 Å². The van der Waals surface area contributed by atoms with Gasteiger partial charge in [0.2, 0.25) is 0 Å². The van der Waals surface area contributed by atoms with Crippen molar-refractivity contribution < 1.29 is 30.3 Å². The van der Waals surface area contributed by atoms with E-state index in [4.69, 9.17) is 9.11 Å². The van der Waals surface area contributed by atoms with Gasteiger partial charge in [-0.2, -0.15) is 3.63 Å². The van der Waals surface area contributed by atoms with Crippen LogP contribution in [0.4, 0.5) is 17.6 Å². The monoisotopic (exact) mass is 354 g/mol. The SMILES string of the molecule is Fc1ccc(Cc2ccc(F)cc2F)c(F)c1.OSOSO. The lowest BCUT2D eigenvalue weighted by atomic mass is 10.0. The number of halogens is 4. The van der Waals surface area contributed by atoms with Crippen LogP contribution in [0.25, 0.3) is 0 Å². The van der Waals surface area contributed by atoms with Crippen LogP contribution in [0.1, 0.15) is 11.1 Å². The number of benzene rings is 2. The van der Waals surface area contributed by atoms with E-state index in [1.807, 2.05) is 0 Å². The fourth-order valence-electron chi connectivity index (χ4n) is 1.55. The first-order valence-electron chi connectivity index (χ1n) is 5.64. The molecule has 0 amide bonds. The second kappa shape index (κ2) is 9.70. The van der Waals surface area contributed by atoms with E-state index >= 15 is 0 Å². The smallest absolute Gasteiger partial charge is 0.170 e. The molecule has 2 aromatic rings. The van der Waals surface area contributed by atoms with Crippen molar-refractivity contribution in [1.82, 2.24) is 0 Å². The molecule has 2 rings (SSSR count). The van der Waals surface area contributed by atoms with Gasteiger partial charge in [-0.1, -0.05) is 12.1 Å². The minimum atomic E-state index is -0.742. The Morgan fingerprint density at radius 3 is 1.45 bits per heavy atom. The van der Waals surface area contributed by atoms with Gasteiger partial charge < -0.3 is 9.11 Å². The molecule has 0 saturated carbocycles. The van der Waals surface area contributed by atoms with Gasteiger partial charge in [-0.3, -0.25) is 0 Å². The Bertz CT molecular complexity index is 562. The van der Waals surface area contributed by atoms with Crippen molar-refractivity contribution in [3.63, 3.8) is 0 Å². The highest BCUT2D eigenvalue weighted by atomic mass is 32.3. The minimum absolute atomic E-state index is 0.0434. The average molecular weight is 354 g/mol. The van der Waals surface area contributed by atoms with Gasteiger partial charge in [0.25, 0.3) is 0 Å². The summed E-state index contributed by atoms with van der Waals surface area (Å²) in [6, 6.07) is 6.15. The summed E-state index contributed by atoms with van der Waals surface area (Å²) in [5.41, 5.74) is 0.328. The molecule has 0 aliphatic heterocycles. The summed E-state index contributed by atoms with van der Waals surface area (Å²) >= 11 is 0.229. The van der Waals surface area contributed by atoms with Crippen LogP contribution in [0.3, 0.4) is 0 Å². The maximum absolute atomic E-state index is 13.3. The number of hydrogen-bond acceptors (Lipinski definition) is 5. The molecule has 0 radical (unpaired) electrons. The first-order valence-corrected chi connectivity index (χ1v) is 7.03. The van der Waals surface area contributed by atoms with Crippen LogP contribution in [0, 0.1) is 23.3 Å². The summed E-state index contributed by atoms with van der Waals surface area (Å²) in [4.78, 5) is 0. The van der Waals surface area contributed by atoms with Crippen LogP contribution in [-0.2, 0) is 10.1 Å². The second-order valence-corrected chi connectivity index (χ2v) is 4.71. The second-order valence-electron chi connectivity index (χ2n) is 3.87. The van der Waals surface area contributed by atoms with Gasteiger partial charge in [0.15, 0.2) is 24.6 Å². The molecule has 9 heteroatoms. The Morgan fingerprint density at radius 1 is 0.773 bits per heavy atom. The molecule has 0 aliphatic carbocycles. The fraction of sp³-hybridized carbons (Fsp3) is 0.0769. The standard InChI is InChI=1S/C13H8F4.H2O3S2/c14-10-3-1-8(12(16)6-10)5-9-2-4-11(15)7-13(9)17;1-4-3-5-2/h1-4,6-7H,5H2;1-2H. The zero-order valence-corrected chi connectivity index (χ0v) is 12.4. The highest BCUT2D eigenvalue weighted by Crippen LogP contribution is 2.17. The molecule has 120 valence electrons. The van der Waals surface area contributed by atoms with E-state index in [2.05, 4.69) is 3.63 Å². The van der Waals surface area contributed by atoms with Gasteiger partial charge in [-0.05, 0) is 23.3 Å². The lowest BCUT2D eigenvalue weighted by Gasteiger charge is -2.05. The van der Waals surface area contributed by atoms with Gasteiger partial charge in [0, 0.05) is 18.6 Å². The number of hydrogen-bond donors (Lipinski definition) is 2. The van der Waals surface area contributed by atoms with Crippen molar-refractivity contribution in [1.29, 1.82) is 0 Å². The highest BCUT2D eigenvalue weighted by molar-refractivity contribution is 8.02. The number of rotatable bonds is 4. The normalized spacial score (nSPS) is 10.1. The maximum atomic E-state index is 13.3. The molecule has 22 heavy (non-hydrogen) atoms. The Balaban J connectivity index is 0.000000422. The van der Waals surface area contributed by atoms with Crippen LogP contribution in [0.5, 0.6) is 0 Å². The molecule has 0 saturated heterocycles. The molecule has 0 bridgehead atoms. The molecule has 0 aliphatic rings. The van der Waals surface area contributed by atoms with Gasteiger partial charge in [0.05, 0.1) is 0 Å². The van der Waals surface area contributed by atoms with Crippen molar-refractivity contribution >= 4 is 24.6 Å². The Kier molecular flexibility index (Phi) is 8.28. The lowest BCUT2D eigenvalue weighted by Crippen LogP contribution is -1.97. The fourth-order valence-corrected chi connectivity index (χ4v) is 1.66. The quantitative estimate of drug-likeness (QED) is 0.592. The molecular weight excluding hydrogens is 344 g/mol. The first-order chi connectivity index (χ1) is 10.5. The third kappa shape index (κ3) is 6.24. The van der Waals surface area contributed by atoms with Gasteiger partial charge in [-0.15, -0.1) is 0 Å². The van der Waals surface area contributed by atoms with Gasteiger partial charge >= 0.3 is 0 Å². The van der Waals surface area contributed by atoms with Crippen molar-refractivity contribution in [2.45, 2.75) is 6.42 Å². The van der Waals surface area contributed by atoms with Crippen molar-refractivity contribution in [3.8, 4) is 0 Å². The molecule has 0 aromatic heterocycles. The summed E-state index contributed by atoms with van der Waals surface area (Å²) in [5.74, 6) is -2.86. The van der Waals surface area contributed by atoms with E-state index in [1.165, 1.54) is 12.1 Å². The minimum Gasteiger partial charge on any atom is -0.306 e. The first kappa shape index (κ1) is 18.8. The Morgan fingerprint density at radius 2 is 1.18 bits per heavy atom. The van der Waals surface area contributed by atoms with Crippen LogP contribution in [0.2, 0.25) is 0 Å². The molecule has 0 atom stereocenters. The molecule has 0 unspecified atom stereocenters. The predicted octanol–water partition coefficient (Wildman–Crippen LogP) is 5.08. The van der Waals surface area contributed by atoms with E-state index in [-0.39, 0.29) is 42.2 Å². The van der Waals surface area contributed by atoms with E-state index in [0.29, 0.717) is 0 Å². The van der Waals surface area contributed by atoms with E-state index in [9.17, 15) is 17.6 Å². The lowest BCUT2D eigenvalue weighted by molar-refractivity contribution is 0.534. The predicted molar refractivity (Wildman–Crippen MR) is 77.0 cm³/mol. The molecule has 0 spiro atoms. The van der Waals surface area contributed by atoms with E-state index < -0.39 is 23.3 Å². The third-order valence-electron chi connectivity index (χ3n) is 2.47. The van der Waals surface area contributed by atoms with Crippen LogP contribution in [0.15, 0.2) is 36.4 Å². The highest BCUT2D eigenvalue weighted by Gasteiger charge is 2.09. The maximum Gasteiger partial charge on any atom is 0.170 e. The van der Waals surface area contributed by atoms with Gasteiger partial charge in [0.1, 0.15) is 23.3 Å². The molecular formula is C13H10F4O3S2. The molecule has 3 nitrogen and oxygen atoms in total. The van der Waals surface area contributed by atoms with Crippen molar-refractivity contribution in [2.75, 3.05) is 0 Å². The van der Waals surface area contributed by atoms with E-state index in [0.717, 1.165) is 24.3 Å². The molecule has 0 fully saturated rings. The topological polar surface area (TPSA) is 49.7 Å². The van der Waals surface area contributed by atoms with Crippen molar-refractivity contribution in [2.24, 2.45) is 0 Å². The van der Waals surface area contributed by atoms with Gasteiger partial charge in [-0.25, -0.2) is 17.6 Å². The van der Waals surface area contributed by atoms with Crippen LogP contribution < -0.4 is 0 Å². The summed E-state index contributed by atoms with van der Waals surface area (Å²) in [6.45, 7) is 0. The molecule has 0 heterocycles. The third-order valence-corrected chi connectivity index (χ3v) is 2.96. The largest absolute Gasteiger partial charge is 0.306 e. The zero-order valence-electron chi connectivity index (χ0n) is 10.8. The average Bonchev–Trinajstić information content (AvgIpc) is 2.46. The summed E-state index contributed by atoms with van der Waals surface area (Å²) in [6.07, 6.45) is -0.0434. The van der Waals surface area contributed by atoms with E-state index in [1.54, 1.807) is 0 Å². The summed E-state index contributed by atoms with van der Waals surface area (Å²) in [7, 11) is 0. The molecule has 2 aromatic carbocycles. The van der Waals surface area contributed by atoms with Crippen molar-refractivity contribution in [3.05, 3.63) is 70.8 Å². The summed E-state index contributed by atoms with van der Waals surface area (Å²) in [5, 5.41) is 0. The Hall–Kier alpha value is -1.26.